The van der Waals surface area contributed by atoms with E-state index in [4.69, 9.17) is 11.6 Å². The number of imidazole rings is 1. The molecule has 0 saturated heterocycles. The Bertz CT molecular complexity index is 594. The Labute approximate surface area is 115 Å². The van der Waals surface area contributed by atoms with Crippen molar-refractivity contribution in [1.29, 1.82) is 0 Å². The molecule has 0 aliphatic heterocycles. The van der Waals surface area contributed by atoms with Crippen LogP contribution in [0.1, 0.15) is 18.3 Å². The molecule has 0 fully saturated rings. The number of aromatic nitrogens is 2. The fraction of sp³-hybridized carbons (Fsp3) is 0.462. The Morgan fingerprint density at radius 1 is 1.50 bits per heavy atom. The average molecular weight is 285 g/mol. The first kappa shape index (κ1) is 13.6. The van der Waals surface area contributed by atoms with Crippen LogP contribution < -0.4 is 0 Å². The summed E-state index contributed by atoms with van der Waals surface area (Å²) < 4.78 is 13.6. The largest absolute Gasteiger partial charge is 0.326 e. The Kier molecular flexibility index (Phi) is 4.07. The maximum absolute atomic E-state index is 11.5. The minimum absolute atomic E-state index is 0.0870. The standard InChI is InChI=1S/C13H17ClN2OS/c1-9-5-4-6-11-13(9)16(12(7-14)15-11)8-10(2)18(3)17/h4-6,10H,7-8H2,1-3H3. The fourth-order valence-electron chi connectivity index (χ4n) is 2.07. The number of hydrogen-bond donors (Lipinski definition) is 0. The zero-order chi connectivity index (χ0) is 13.3. The first-order chi connectivity index (χ1) is 8.54. The fourth-order valence-corrected chi connectivity index (χ4v) is 2.64. The molecule has 0 aliphatic rings. The molecule has 0 saturated carbocycles. The van der Waals surface area contributed by atoms with Gasteiger partial charge >= 0.3 is 0 Å². The van der Waals surface area contributed by atoms with Gasteiger partial charge in [0.25, 0.3) is 0 Å². The predicted molar refractivity (Wildman–Crippen MR) is 77.6 cm³/mol. The molecule has 2 rings (SSSR count). The summed E-state index contributed by atoms with van der Waals surface area (Å²) in [5.41, 5.74) is 3.23. The number of halogens is 1. The molecular formula is C13H17ClN2OS. The molecule has 2 aromatic rings. The van der Waals surface area contributed by atoms with E-state index in [9.17, 15) is 4.21 Å². The number of aryl methyl sites for hydroxylation is 1. The average Bonchev–Trinajstić information content (AvgIpc) is 2.68. The van der Waals surface area contributed by atoms with Crippen molar-refractivity contribution in [2.45, 2.75) is 31.5 Å². The maximum atomic E-state index is 11.5. The zero-order valence-corrected chi connectivity index (χ0v) is 12.4. The van der Waals surface area contributed by atoms with Gasteiger partial charge in [0.15, 0.2) is 0 Å². The van der Waals surface area contributed by atoms with Gasteiger partial charge in [-0.1, -0.05) is 12.1 Å². The highest BCUT2D eigenvalue weighted by Gasteiger charge is 2.15. The van der Waals surface area contributed by atoms with Crippen LogP contribution in [0.4, 0.5) is 0 Å². The summed E-state index contributed by atoms with van der Waals surface area (Å²) in [6, 6.07) is 6.04. The minimum atomic E-state index is -0.846. The van der Waals surface area contributed by atoms with Gasteiger partial charge in [0.2, 0.25) is 0 Å². The molecule has 2 atom stereocenters. The maximum Gasteiger partial charge on any atom is 0.124 e. The van der Waals surface area contributed by atoms with Crippen molar-refractivity contribution in [3.8, 4) is 0 Å². The molecule has 1 heterocycles. The SMILES string of the molecule is Cc1cccc2nc(CCl)n(CC(C)S(C)=O)c12. The third-order valence-corrected chi connectivity index (χ3v) is 4.69. The second-order valence-corrected chi connectivity index (χ2v) is 6.59. The van der Waals surface area contributed by atoms with Crippen LogP contribution in [-0.4, -0.2) is 25.3 Å². The quantitative estimate of drug-likeness (QED) is 0.809. The van der Waals surface area contributed by atoms with Crippen LogP contribution in [0, 0.1) is 6.92 Å². The Morgan fingerprint density at radius 2 is 2.22 bits per heavy atom. The third-order valence-electron chi connectivity index (χ3n) is 3.17. The minimum Gasteiger partial charge on any atom is -0.326 e. The monoisotopic (exact) mass is 284 g/mol. The summed E-state index contributed by atoms with van der Waals surface area (Å²) in [4.78, 5) is 4.54. The molecule has 5 heteroatoms. The summed E-state index contributed by atoms with van der Waals surface area (Å²) in [5, 5.41) is 0.0870. The highest BCUT2D eigenvalue weighted by Crippen LogP contribution is 2.22. The van der Waals surface area contributed by atoms with Gasteiger partial charge in [0.05, 0.1) is 16.9 Å². The van der Waals surface area contributed by atoms with Crippen LogP contribution >= 0.6 is 11.6 Å². The van der Waals surface area contributed by atoms with Crippen molar-refractivity contribution < 1.29 is 4.21 Å². The predicted octanol–water partition coefficient (Wildman–Crippen LogP) is 2.85. The molecular weight excluding hydrogens is 268 g/mol. The number of para-hydroxylation sites is 1. The molecule has 3 nitrogen and oxygen atoms in total. The van der Waals surface area contributed by atoms with E-state index >= 15 is 0 Å². The second kappa shape index (κ2) is 5.41. The van der Waals surface area contributed by atoms with Crippen molar-refractivity contribution in [3.63, 3.8) is 0 Å². The first-order valence-corrected chi connectivity index (χ1v) is 8.03. The van der Waals surface area contributed by atoms with Crippen molar-refractivity contribution in [2.75, 3.05) is 6.26 Å². The van der Waals surface area contributed by atoms with Crippen LogP contribution in [0.25, 0.3) is 11.0 Å². The lowest BCUT2D eigenvalue weighted by molar-refractivity contribution is 0.640. The highest BCUT2D eigenvalue weighted by molar-refractivity contribution is 7.84. The molecule has 0 aliphatic carbocycles. The van der Waals surface area contributed by atoms with Crippen LogP contribution in [0.5, 0.6) is 0 Å². The van der Waals surface area contributed by atoms with Gasteiger partial charge in [-0.3, -0.25) is 4.21 Å². The number of hydrogen-bond acceptors (Lipinski definition) is 2. The highest BCUT2D eigenvalue weighted by atomic mass is 35.5. The third kappa shape index (κ3) is 2.45. The summed E-state index contributed by atoms with van der Waals surface area (Å²) in [6.07, 6.45) is 1.73. The number of benzene rings is 1. The van der Waals surface area contributed by atoms with Crippen molar-refractivity contribution in [3.05, 3.63) is 29.6 Å². The van der Waals surface area contributed by atoms with E-state index < -0.39 is 10.8 Å². The summed E-state index contributed by atoms with van der Waals surface area (Å²) >= 11 is 5.96. The van der Waals surface area contributed by atoms with Crippen molar-refractivity contribution in [2.24, 2.45) is 0 Å². The van der Waals surface area contributed by atoms with Gasteiger partial charge in [-0.05, 0) is 25.5 Å². The normalized spacial score (nSPS) is 14.9. The first-order valence-electron chi connectivity index (χ1n) is 5.87. The van der Waals surface area contributed by atoms with Crippen molar-refractivity contribution in [1.82, 2.24) is 9.55 Å². The summed E-state index contributed by atoms with van der Waals surface area (Å²) in [7, 11) is -0.846. The van der Waals surface area contributed by atoms with Gasteiger partial charge in [0, 0.05) is 28.9 Å². The topological polar surface area (TPSA) is 34.9 Å². The van der Waals surface area contributed by atoms with Gasteiger partial charge in [-0.15, -0.1) is 11.6 Å². The summed E-state index contributed by atoms with van der Waals surface area (Å²) in [6.45, 7) is 4.73. The lowest BCUT2D eigenvalue weighted by atomic mass is 10.2. The molecule has 1 aromatic carbocycles. The molecule has 0 radical (unpaired) electrons. The van der Waals surface area contributed by atoms with Gasteiger partial charge < -0.3 is 4.57 Å². The van der Waals surface area contributed by atoms with E-state index in [1.807, 2.05) is 19.1 Å². The van der Waals surface area contributed by atoms with E-state index in [0.717, 1.165) is 16.9 Å². The Hall–Kier alpha value is -0.870. The smallest absolute Gasteiger partial charge is 0.124 e. The van der Waals surface area contributed by atoms with E-state index in [2.05, 4.69) is 22.5 Å². The molecule has 0 N–H and O–H groups in total. The molecule has 18 heavy (non-hydrogen) atoms. The lowest BCUT2D eigenvalue weighted by Gasteiger charge is -2.13. The number of rotatable bonds is 4. The number of fused-ring (bicyclic) bond motifs is 1. The molecule has 1 aromatic heterocycles. The Morgan fingerprint density at radius 3 is 2.83 bits per heavy atom. The van der Waals surface area contributed by atoms with Crippen LogP contribution in [-0.2, 0) is 23.2 Å². The van der Waals surface area contributed by atoms with E-state index in [-0.39, 0.29) is 5.25 Å². The van der Waals surface area contributed by atoms with E-state index in [1.165, 1.54) is 5.56 Å². The van der Waals surface area contributed by atoms with Crippen LogP contribution in [0.2, 0.25) is 0 Å². The van der Waals surface area contributed by atoms with Gasteiger partial charge in [-0.2, -0.15) is 0 Å². The molecule has 0 amide bonds. The van der Waals surface area contributed by atoms with Crippen molar-refractivity contribution >= 4 is 33.4 Å². The van der Waals surface area contributed by atoms with E-state index in [0.29, 0.717) is 12.4 Å². The molecule has 0 spiro atoms. The van der Waals surface area contributed by atoms with E-state index in [1.54, 1.807) is 6.26 Å². The molecule has 98 valence electrons. The Balaban J connectivity index is 2.56. The molecule has 0 bridgehead atoms. The number of nitrogens with zero attached hydrogens (tertiary/aromatic N) is 2. The van der Waals surface area contributed by atoms with Crippen LogP contribution in [0.15, 0.2) is 18.2 Å². The number of alkyl halides is 1. The summed E-state index contributed by atoms with van der Waals surface area (Å²) in [5.74, 6) is 1.22. The molecule has 2 unspecified atom stereocenters. The second-order valence-electron chi connectivity index (χ2n) is 4.52. The zero-order valence-electron chi connectivity index (χ0n) is 10.8. The van der Waals surface area contributed by atoms with Gasteiger partial charge in [-0.25, -0.2) is 4.98 Å². The van der Waals surface area contributed by atoms with Gasteiger partial charge in [0.1, 0.15) is 5.82 Å². The van der Waals surface area contributed by atoms with Crippen LogP contribution in [0.3, 0.4) is 0 Å². The lowest BCUT2D eigenvalue weighted by Crippen LogP contribution is -2.19.